The number of rotatable bonds is 2. The lowest BCUT2D eigenvalue weighted by Crippen LogP contribution is -2.39. The van der Waals surface area contributed by atoms with E-state index in [2.05, 4.69) is 4.74 Å². The van der Waals surface area contributed by atoms with Crippen molar-refractivity contribution in [2.24, 2.45) is 7.05 Å². The highest BCUT2D eigenvalue weighted by atomic mass is 19.4. The van der Waals surface area contributed by atoms with Gasteiger partial charge < -0.3 is 9.30 Å². The molecule has 1 aliphatic heterocycles. The number of fused-ring (bicyclic) bond motifs is 1. The van der Waals surface area contributed by atoms with Crippen LogP contribution >= 0.6 is 0 Å². The Morgan fingerprint density at radius 3 is 2.07 bits per heavy atom. The van der Waals surface area contributed by atoms with Crippen LogP contribution in [0.25, 0.3) is 16.5 Å². The number of benzene rings is 1. The lowest BCUT2D eigenvalue weighted by Gasteiger charge is -2.24. The van der Waals surface area contributed by atoms with Gasteiger partial charge in [-0.25, -0.2) is 9.59 Å². The Bertz CT molecular complexity index is 1120. The van der Waals surface area contributed by atoms with Gasteiger partial charge in [-0.05, 0) is 26.8 Å². The fourth-order valence-corrected chi connectivity index (χ4v) is 3.49. The number of hydrogen-bond donors (Lipinski definition) is 0. The van der Waals surface area contributed by atoms with Gasteiger partial charge in [-0.2, -0.15) is 22.0 Å². The molecule has 4 nitrogen and oxygen atoms in total. The van der Waals surface area contributed by atoms with E-state index in [1.807, 2.05) is 0 Å². The first-order valence-electron chi connectivity index (χ1n) is 8.48. The zero-order valence-electron chi connectivity index (χ0n) is 15.9. The number of halogens is 5. The van der Waals surface area contributed by atoms with Crippen LogP contribution in [0.2, 0.25) is 0 Å². The summed E-state index contributed by atoms with van der Waals surface area (Å²) in [5, 5.41) is 0.0965. The molecule has 2 heterocycles. The maximum absolute atomic E-state index is 14.9. The van der Waals surface area contributed by atoms with Crippen LogP contribution in [0.5, 0.6) is 0 Å². The Hall–Kier alpha value is -2.97. The smallest absolute Gasteiger partial charge is 0.386 e. The molecule has 2 aromatic rings. The molecule has 0 atom stereocenters. The SMILES string of the molecule is CC(C)=C1C(=O)OC(=O)C1=C(c1c(C)n(C)c2ccccc12)C(F)(F)C(F)(F)F. The number of allylic oxidation sites excluding steroid dienone is 2. The van der Waals surface area contributed by atoms with Gasteiger partial charge in [0.15, 0.2) is 0 Å². The van der Waals surface area contributed by atoms with E-state index in [1.165, 1.54) is 44.5 Å². The molecular weight excluding hydrogens is 397 g/mol. The molecule has 3 rings (SSSR count). The van der Waals surface area contributed by atoms with Crippen LogP contribution in [0.1, 0.15) is 25.1 Å². The second-order valence-electron chi connectivity index (χ2n) is 6.91. The Morgan fingerprint density at radius 1 is 0.966 bits per heavy atom. The number of nitrogens with zero attached hydrogens (tertiary/aromatic N) is 1. The summed E-state index contributed by atoms with van der Waals surface area (Å²) in [6.45, 7) is 4.02. The van der Waals surface area contributed by atoms with Gasteiger partial charge >= 0.3 is 24.0 Å². The number of carbonyl (C=O) groups is 2. The molecule has 1 aromatic carbocycles. The number of alkyl halides is 5. The van der Waals surface area contributed by atoms with Gasteiger partial charge in [-0.3, -0.25) is 0 Å². The van der Waals surface area contributed by atoms with Crippen molar-refractivity contribution in [2.45, 2.75) is 32.9 Å². The summed E-state index contributed by atoms with van der Waals surface area (Å²) in [6.07, 6.45) is -6.00. The minimum Gasteiger partial charge on any atom is -0.386 e. The van der Waals surface area contributed by atoms with Crippen LogP contribution in [0.15, 0.2) is 41.0 Å². The largest absolute Gasteiger partial charge is 0.458 e. The van der Waals surface area contributed by atoms with E-state index in [-0.39, 0.29) is 16.7 Å². The number of esters is 2. The molecule has 1 fully saturated rings. The first kappa shape index (κ1) is 20.8. The second kappa shape index (κ2) is 6.53. The average Bonchev–Trinajstić information content (AvgIpc) is 3.03. The quantitative estimate of drug-likeness (QED) is 0.306. The maximum Gasteiger partial charge on any atom is 0.458 e. The number of hydrogen-bond acceptors (Lipinski definition) is 3. The molecule has 0 spiro atoms. The molecule has 1 aliphatic rings. The standard InChI is InChI=1S/C20H16F5NO3/c1-9(2)13-15(18(28)29-17(13)27)16(19(21,22)20(23,24)25)14-10(3)26(4)12-8-6-5-7-11(12)14/h5-8H,1-4H3. The highest BCUT2D eigenvalue weighted by Gasteiger charge is 2.63. The summed E-state index contributed by atoms with van der Waals surface area (Å²) in [4.78, 5) is 24.3. The van der Waals surface area contributed by atoms with Crippen molar-refractivity contribution in [3.05, 3.63) is 52.2 Å². The molecule has 0 aliphatic carbocycles. The van der Waals surface area contributed by atoms with E-state index in [0.29, 0.717) is 5.52 Å². The summed E-state index contributed by atoms with van der Waals surface area (Å²) in [5.74, 6) is -8.20. The monoisotopic (exact) mass is 413 g/mol. The third-order valence-electron chi connectivity index (χ3n) is 4.91. The van der Waals surface area contributed by atoms with Gasteiger partial charge in [-0.15, -0.1) is 0 Å². The van der Waals surface area contributed by atoms with Crippen LogP contribution in [-0.2, 0) is 21.4 Å². The van der Waals surface area contributed by atoms with Gasteiger partial charge in [0.2, 0.25) is 0 Å². The number of carbonyl (C=O) groups excluding carboxylic acids is 2. The molecule has 1 saturated heterocycles. The fraction of sp³-hybridized carbons (Fsp3) is 0.300. The molecule has 29 heavy (non-hydrogen) atoms. The number of aryl methyl sites for hydroxylation is 1. The predicted molar refractivity (Wildman–Crippen MR) is 95.1 cm³/mol. The van der Waals surface area contributed by atoms with Crippen LogP contribution in [0.4, 0.5) is 22.0 Å². The molecule has 1 aromatic heterocycles. The Morgan fingerprint density at radius 2 is 1.52 bits per heavy atom. The number of aromatic nitrogens is 1. The molecule has 0 radical (unpaired) electrons. The highest BCUT2D eigenvalue weighted by Crippen LogP contribution is 2.51. The van der Waals surface area contributed by atoms with E-state index in [1.54, 1.807) is 12.1 Å². The van der Waals surface area contributed by atoms with Crippen molar-refractivity contribution in [1.29, 1.82) is 0 Å². The minimum absolute atomic E-state index is 0.0814. The van der Waals surface area contributed by atoms with Gasteiger partial charge in [0.25, 0.3) is 0 Å². The topological polar surface area (TPSA) is 48.3 Å². The van der Waals surface area contributed by atoms with E-state index in [9.17, 15) is 31.5 Å². The van der Waals surface area contributed by atoms with Gasteiger partial charge in [0, 0.05) is 29.2 Å². The Kier molecular flexibility index (Phi) is 4.68. The fourth-order valence-electron chi connectivity index (χ4n) is 3.49. The van der Waals surface area contributed by atoms with E-state index < -0.39 is 46.3 Å². The normalized spacial score (nSPS) is 17.2. The zero-order chi connectivity index (χ0) is 21.9. The molecule has 0 N–H and O–H groups in total. The molecule has 0 amide bonds. The van der Waals surface area contributed by atoms with Crippen LogP contribution in [0.3, 0.4) is 0 Å². The van der Waals surface area contributed by atoms with Crippen molar-refractivity contribution >= 4 is 28.4 Å². The number of ether oxygens (including phenoxy) is 1. The predicted octanol–water partition coefficient (Wildman–Crippen LogP) is 4.86. The lowest BCUT2D eigenvalue weighted by molar-refractivity contribution is -0.254. The maximum atomic E-state index is 14.9. The Balaban J connectivity index is 2.59. The summed E-state index contributed by atoms with van der Waals surface area (Å²) < 4.78 is 76.0. The molecular formula is C20H16F5NO3. The van der Waals surface area contributed by atoms with Crippen molar-refractivity contribution < 1.29 is 36.3 Å². The van der Waals surface area contributed by atoms with E-state index in [4.69, 9.17) is 0 Å². The van der Waals surface area contributed by atoms with Crippen molar-refractivity contribution in [3.8, 4) is 0 Å². The van der Waals surface area contributed by atoms with Crippen LogP contribution in [0, 0.1) is 6.92 Å². The molecule has 0 unspecified atom stereocenters. The third kappa shape index (κ3) is 2.95. The summed E-state index contributed by atoms with van der Waals surface area (Å²) >= 11 is 0. The van der Waals surface area contributed by atoms with Gasteiger partial charge in [0.05, 0.1) is 16.7 Å². The van der Waals surface area contributed by atoms with E-state index >= 15 is 0 Å². The second-order valence-corrected chi connectivity index (χ2v) is 6.91. The van der Waals surface area contributed by atoms with Crippen LogP contribution < -0.4 is 0 Å². The first-order valence-corrected chi connectivity index (χ1v) is 8.48. The first-order chi connectivity index (χ1) is 13.3. The molecule has 0 bridgehead atoms. The molecule has 0 saturated carbocycles. The summed E-state index contributed by atoms with van der Waals surface area (Å²) in [6, 6.07) is 6.03. The number of cyclic esters (lactones) is 2. The lowest BCUT2D eigenvalue weighted by atomic mass is 9.87. The summed E-state index contributed by atoms with van der Waals surface area (Å²) in [7, 11) is 1.51. The van der Waals surface area contributed by atoms with E-state index in [0.717, 1.165) is 0 Å². The number of para-hydroxylation sites is 1. The zero-order valence-corrected chi connectivity index (χ0v) is 15.9. The molecule has 154 valence electrons. The average molecular weight is 413 g/mol. The van der Waals surface area contributed by atoms with Crippen molar-refractivity contribution in [1.82, 2.24) is 4.57 Å². The summed E-state index contributed by atoms with van der Waals surface area (Å²) in [5.41, 5.74) is -3.11. The van der Waals surface area contributed by atoms with Gasteiger partial charge in [-0.1, -0.05) is 23.8 Å². The van der Waals surface area contributed by atoms with Gasteiger partial charge in [0.1, 0.15) is 0 Å². The third-order valence-corrected chi connectivity index (χ3v) is 4.91. The minimum atomic E-state index is -6.00. The highest BCUT2D eigenvalue weighted by molar-refractivity contribution is 6.23. The Labute approximate surface area is 162 Å². The molecule has 9 heteroatoms. The van der Waals surface area contributed by atoms with Crippen molar-refractivity contribution in [3.63, 3.8) is 0 Å². The van der Waals surface area contributed by atoms with Crippen molar-refractivity contribution in [2.75, 3.05) is 0 Å². The van der Waals surface area contributed by atoms with Crippen LogP contribution in [-0.4, -0.2) is 28.6 Å².